The summed E-state index contributed by atoms with van der Waals surface area (Å²) in [5.41, 5.74) is 3.02. The molecule has 2 aromatic heterocycles. The van der Waals surface area contributed by atoms with Crippen LogP contribution in [0.4, 0.5) is 11.6 Å². The molecule has 0 bridgehead atoms. The molecular formula is C13H18ClN5. The minimum absolute atomic E-state index is 0.543. The van der Waals surface area contributed by atoms with E-state index in [2.05, 4.69) is 19.9 Å². The highest BCUT2D eigenvalue weighted by molar-refractivity contribution is 6.30. The van der Waals surface area contributed by atoms with Crippen molar-refractivity contribution < 1.29 is 0 Å². The van der Waals surface area contributed by atoms with E-state index in [1.165, 1.54) is 0 Å². The van der Waals surface area contributed by atoms with Crippen LogP contribution >= 0.6 is 11.6 Å². The van der Waals surface area contributed by atoms with Gasteiger partial charge >= 0.3 is 0 Å². The number of anilines is 2. The van der Waals surface area contributed by atoms with Gasteiger partial charge in [-0.05, 0) is 18.6 Å². The fraction of sp³-hybridized carbons (Fsp3) is 0.385. The summed E-state index contributed by atoms with van der Waals surface area (Å²) in [7, 11) is 5.96. The van der Waals surface area contributed by atoms with Crippen LogP contribution in [0, 0.1) is 6.92 Å². The molecule has 2 aromatic rings. The van der Waals surface area contributed by atoms with Crippen molar-refractivity contribution in [1.29, 1.82) is 0 Å². The number of aromatic nitrogens is 3. The lowest BCUT2D eigenvalue weighted by atomic mass is 10.3. The molecule has 0 aliphatic carbocycles. The molecule has 19 heavy (non-hydrogen) atoms. The van der Waals surface area contributed by atoms with E-state index in [1.807, 2.05) is 45.2 Å². The van der Waals surface area contributed by atoms with Gasteiger partial charge in [0.25, 0.3) is 0 Å². The van der Waals surface area contributed by atoms with Gasteiger partial charge in [0.2, 0.25) is 5.95 Å². The highest BCUT2D eigenvalue weighted by Crippen LogP contribution is 2.17. The molecule has 0 radical (unpaired) electrons. The SMILES string of the molecule is Cc1cc(NCc2cnc(N(C)C)n2C)cnc1Cl. The maximum Gasteiger partial charge on any atom is 0.204 e. The number of imidazole rings is 1. The number of nitrogens with one attached hydrogen (secondary N) is 1. The first-order valence-corrected chi connectivity index (χ1v) is 6.40. The van der Waals surface area contributed by atoms with Gasteiger partial charge in [0.05, 0.1) is 30.3 Å². The summed E-state index contributed by atoms with van der Waals surface area (Å²) < 4.78 is 2.06. The van der Waals surface area contributed by atoms with Crippen LogP contribution in [0.3, 0.4) is 0 Å². The third-order valence-electron chi connectivity index (χ3n) is 2.95. The van der Waals surface area contributed by atoms with Crippen molar-refractivity contribution in [3.05, 3.63) is 34.9 Å². The Morgan fingerprint density at radius 2 is 2.05 bits per heavy atom. The highest BCUT2D eigenvalue weighted by Gasteiger charge is 2.08. The van der Waals surface area contributed by atoms with Crippen LogP contribution < -0.4 is 10.2 Å². The first-order valence-electron chi connectivity index (χ1n) is 6.03. The lowest BCUT2D eigenvalue weighted by Gasteiger charge is -2.13. The van der Waals surface area contributed by atoms with Gasteiger partial charge in [-0.25, -0.2) is 9.97 Å². The zero-order valence-electron chi connectivity index (χ0n) is 11.6. The number of rotatable bonds is 4. The van der Waals surface area contributed by atoms with Gasteiger partial charge in [0, 0.05) is 21.1 Å². The lowest BCUT2D eigenvalue weighted by Crippen LogP contribution is -2.15. The van der Waals surface area contributed by atoms with E-state index < -0.39 is 0 Å². The minimum atomic E-state index is 0.543. The molecule has 2 heterocycles. The van der Waals surface area contributed by atoms with Gasteiger partial charge in [0.15, 0.2) is 0 Å². The average molecular weight is 280 g/mol. The standard InChI is InChI=1S/C13H18ClN5/c1-9-5-10(6-16-12(9)14)15-7-11-8-17-13(18(2)3)19(11)4/h5-6,8,15H,7H2,1-4H3. The van der Waals surface area contributed by atoms with E-state index in [1.54, 1.807) is 6.20 Å². The molecule has 6 heteroatoms. The molecule has 5 nitrogen and oxygen atoms in total. The van der Waals surface area contributed by atoms with Crippen molar-refractivity contribution in [3.63, 3.8) is 0 Å². The van der Waals surface area contributed by atoms with Crippen molar-refractivity contribution in [3.8, 4) is 0 Å². The zero-order valence-corrected chi connectivity index (χ0v) is 12.4. The maximum atomic E-state index is 5.90. The molecule has 2 rings (SSSR count). The number of nitrogens with zero attached hydrogens (tertiary/aromatic N) is 4. The summed E-state index contributed by atoms with van der Waals surface area (Å²) in [4.78, 5) is 10.5. The Kier molecular flexibility index (Phi) is 3.95. The summed E-state index contributed by atoms with van der Waals surface area (Å²) in [5, 5.41) is 3.86. The second-order valence-electron chi connectivity index (χ2n) is 4.69. The van der Waals surface area contributed by atoms with E-state index in [0.717, 1.165) is 22.9 Å². The average Bonchev–Trinajstić information content (AvgIpc) is 2.72. The van der Waals surface area contributed by atoms with Crippen LogP contribution in [0.25, 0.3) is 0 Å². The van der Waals surface area contributed by atoms with Crippen LogP contribution in [0.2, 0.25) is 5.15 Å². The van der Waals surface area contributed by atoms with Gasteiger partial charge < -0.3 is 14.8 Å². The van der Waals surface area contributed by atoms with Crippen molar-refractivity contribution in [2.75, 3.05) is 24.3 Å². The largest absolute Gasteiger partial charge is 0.378 e. The van der Waals surface area contributed by atoms with Crippen molar-refractivity contribution in [2.24, 2.45) is 7.05 Å². The molecule has 0 aliphatic heterocycles. The predicted molar refractivity (Wildman–Crippen MR) is 78.8 cm³/mol. The topological polar surface area (TPSA) is 46.0 Å². The predicted octanol–water partition coefficient (Wildman–Crippen LogP) is 2.46. The van der Waals surface area contributed by atoms with Gasteiger partial charge in [0.1, 0.15) is 5.15 Å². The van der Waals surface area contributed by atoms with Crippen LogP contribution in [-0.2, 0) is 13.6 Å². The Morgan fingerprint density at radius 3 is 2.63 bits per heavy atom. The molecule has 0 spiro atoms. The zero-order chi connectivity index (χ0) is 14.0. The molecule has 102 valence electrons. The maximum absolute atomic E-state index is 5.90. The summed E-state index contributed by atoms with van der Waals surface area (Å²) in [6, 6.07) is 1.98. The minimum Gasteiger partial charge on any atom is -0.378 e. The van der Waals surface area contributed by atoms with E-state index in [-0.39, 0.29) is 0 Å². The molecule has 0 aromatic carbocycles. The quantitative estimate of drug-likeness (QED) is 0.874. The lowest BCUT2D eigenvalue weighted by molar-refractivity contribution is 0.813. The molecule has 0 saturated heterocycles. The fourth-order valence-electron chi connectivity index (χ4n) is 1.86. The van der Waals surface area contributed by atoms with Crippen LogP contribution in [0.5, 0.6) is 0 Å². The molecule has 0 unspecified atom stereocenters. The molecular weight excluding hydrogens is 262 g/mol. The van der Waals surface area contributed by atoms with Gasteiger partial charge in [-0.3, -0.25) is 0 Å². The summed E-state index contributed by atoms with van der Waals surface area (Å²) in [6.45, 7) is 2.63. The third-order valence-corrected chi connectivity index (χ3v) is 3.34. The number of hydrogen-bond acceptors (Lipinski definition) is 4. The summed E-state index contributed by atoms with van der Waals surface area (Å²) in [6.07, 6.45) is 3.61. The smallest absolute Gasteiger partial charge is 0.204 e. The molecule has 0 fully saturated rings. The van der Waals surface area contributed by atoms with Gasteiger partial charge in [-0.1, -0.05) is 11.6 Å². The molecule has 0 aliphatic rings. The number of halogens is 1. The number of aryl methyl sites for hydroxylation is 1. The Morgan fingerprint density at radius 1 is 1.32 bits per heavy atom. The van der Waals surface area contributed by atoms with E-state index in [4.69, 9.17) is 11.6 Å². The molecule has 1 N–H and O–H groups in total. The Labute approximate surface area is 118 Å². The molecule has 0 amide bonds. The monoisotopic (exact) mass is 279 g/mol. The summed E-state index contributed by atoms with van der Waals surface area (Å²) >= 11 is 5.90. The van der Waals surface area contributed by atoms with E-state index in [9.17, 15) is 0 Å². The Balaban J connectivity index is 2.08. The van der Waals surface area contributed by atoms with Gasteiger partial charge in [-0.15, -0.1) is 0 Å². The highest BCUT2D eigenvalue weighted by atomic mass is 35.5. The Bertz CT molecular complexity index is 576. The van der Waals surface area contributed by atoms with E-state index >= 15 is 0 Å². The first kappa shape index (κ1) is 13.7. The second kappa shape index (κ2) is 5.48. The van der Waals surface area contributed by atoms with Crippen LogP contribution in [0.15, 0.2) is 18.5 Å². The van der Waals surface area contributed by atoms with Crippen LogP contribution in [-0.4, -0.2) is 28.6 Å². The van der Waals surface area contributed by atoms with Crippen molar-refractivity contribution in [2.45, 2.75) is 13.5 Å². The number of pyridine rings is 1. The molecule has 0 atom stereocenters. The summed E-state index contributed by atoms with van der Waals surface area (Å²) in [5.74, 6) is 0.933. The van der Waals surface area contributed by atoms with Crippen molar-refractivity contribution in [1.82, 2.24) is 14.5 Å². The third kappa shape index (κ3) is 2.98. The molecule has 0 saturated carbocycles. The van der Waals surface area contributed by atoms with Crippen LogP contribution in [0.1, 0.15) is 11.3 Å². The first-order chi connectivity index (χ1) is 8.99. The van der Waals surface area contributed by atoms with Crippen molar-refractivity contribution >= 4 is 23.2 Å². The fourth-order valence-corrected chi connectivity index (χ4v) is 1.96. The normalized spacial score (nSPS) is 10.6. The Hall–Kier alpha value is -1.75. The second-order valence-corrected chi connectivity index (χ2v) is 5.05. The van der Waals surface area contributed by atoms with E-state index in [0.29, 0.717) is 11.7 Å². The van der Waals surface area contributed by atoms with Gasteiger partial charge in [-0.2, -0.15) is 0 Å². The number of hydrogen-bond donors (Lipinski definition) is 1.